The summed E-state index contributed by atoms with van der Waals surface area (Å²) in [6.07, 6.45) is 8.03. The average Bonchev–Trinajstić information content (AvgIpc) is 3.12. The second-order valence-electron chi connectivity index (χ2n) is 6.35. The largest absolute Gasteiger partial charge is 0.391 e. The van der Waals surface area contributed by atoms with E-state index in [1.165, 1.54) is 57.2 Å². The minimum absolute atomic E-state index is 0.0591. The minimum Gasteiger partial charge on any atom is -0.391 e. The van der Waals surface area contributed by atoms with E-state index in [0.717, 1.165) is 10.9 Å². The van der Waals surface area contributed by atoms with Gasteiger partial charge in [-0.25, -0.2) is 0 Å². The third-order valence-corrected chi connectivity index (χ3v) is 5.70. The highest BCUT2D eigenvalue weighted by atomic mass is 79.9. The van der Waals surface area contributed by atoms with Gasteiger partial charge >= 0.3 is 0 Å². The van der Waals surface area contributed by atoms with Crippen LogP contribution in [0.4, 0.5) is 0 Å². The zero-order chi connectivity index (χ0) is 14.0. The van der Waals surface area contributed by atoms with Crippen LogP contribution in [0.2, 0.25) is 0 Å². The van der Waals surface area contributed by atoms with Crippen LogP contribution >= 0.6 is 15.9 Å². The van der Waals surface area contributed by atoms with E-state index in [1.54, 1.807) is 0 Å². The highest BCUT2D eigenvalue weighted by Gasteiger charge is 2.45. The molecule has 1 aromatic rings. The molecule has 20 heavy (non-hydrogen) atoms. The lowest BCUT2D eigenvalue weighted by Crippen LogP contribution is -2.54. The predicted octanol–water partition coefficient (Wildman–Crippen LogP) is 3.76. The Balaban J connectivity index is 1.75. The van der Waals surface area contributed by atoms with E-state index in [0.29, 0.717) is 0 Å². The monoisotopic (exact) mass is 337 g/mol. The van der Waals surface area contributed by atoms with Gasteiger partial charge in [-0.05, 0) is 56.5 Å². The van der Waals surface area contributed by atoms with Crippen molar-refractivity contribution >= 4 is 15.9 Å². The molecule has 1 aliphatic heterocycles. The van der Waals surface area contributed by atoms with E-state index in [4.69, 9.17) is 0 Å². The number of halogens is 1. The predicted molar refractivity (Wildman–Crippen MR) is 85.9 cm³/mol. The SMILES string of the molecule is OC(Cc1ccc(Br)cc1)C1(N2CCCC2)CCCC1. The van der Waals surface area contributed by atoms with Gasteiger partial charge in [0.05, 0.1) is 6.10 Å². The van der Waals surface area contributed by atoms with Crippen molar-refractivity contribution in [2.45, 2.75) is 56.6 Å². The molecule has 1 aromatic carbocycles. The van der Waals surface area contributed by atoms with E-state index in [1.807, 2.05) is 0 Å². The van der Waals surface area contributed by atoms with Crippen LogP contribution < -0.4 is 0 Å². The van der Waals surface area contributed by atoms with Crippen LogP contribution in [0.25, 0.3) is 0 Å². The first kappa shape index (κ1) is 14.6. The molecule has 2 fully saturated rings. The lowest BCUT2D eigenvalue weighted by molar-refractivity contribution is -0.0171. The topological polar surface area (TPSA) is 23.5 Å². The molecule has 1 heterocycles. The van der Waals surface area contributed by atoms with Gasteiger partial charge in [0.2, 0.25) is 0 Å². The van der Waals surface area contributed by atoms with E-state index in [-0.39, 0.29) is 11.6 Å². The maximum absolute atomic E-state index is 10.9. The van der Waals surface area contributed by atoms with E-state index >= 15 is 0 Å². The Morgan fingerprint density at radius 3 is 2.25 bits per heavy atom. The van der Waals surface area contributed by atoms with Crippen molar-refractivity contribution in [3.05, 3.63) is 34.3 Å². The third kappa shape index (κ3) is 2.81. The molecule has 2 nitrogen and oxygen atoms in total. The molecule has 1 saturated heterocycles. The molecule has 0 bridgehead atoms. The number of hydrogen-bond donors (Lipinski definition) is 1. The molecule has 0 spiro atoms. The van der Waals surface area contributed by atoms with Crippen LogP contribution in [0.3, 0.4) is 0 Å². The van der Waals surface area contributed by atoms with Crippen LogP contribution in [0.5, 0.6) is 0 Å². The first-order valence-corrected chi connectivity index (χ1v) is 8.68. The molecule has 0 aromatic heterocycles. The average molecular weight is 338 g/mol. The quantitative estimate of drug-likeness (QED) is 0.904. The maximum Gasteiger partial charge on any atom is 0.0764 e. The van der Waals surface area contributed by atoms with Crippen LogP contribution in [-0.2, 0) is 6.42 Å². The van der Waals surface area contributed by atoms with Crippen LogP contribution in [0.1, 0.15) is 44.1 Å². The summed E-state index contributed by atoms with van der Waals surface area (Å²) < 4.78 is 1.10. The molecule has 3 rings (SSSR count). The summed E-state index contributed by atoms with van der Waals surface area (Å²) in [7, 11) is 0. The van der Waals surface area contributed by atoms with Crippen molar-refractivity contribution < 1.29 is 5.11 Å². The molecule has 1 unspecified atom stereocenters. The Morgan fingerprint density at radius 2 is 1.65 bits per heavy atom. The molecule has 0 amide bonds. The smallest absolute Gasteiger partial charge is 0.0764 e. The van der Waals surface area contributed by atoms with Gasteiger partial charge in [-0.1, -0.05) is 40.9 Å². The number of nitrogens with zero attached hydrogens (tertiary/aromatic N) is 1. The minimum atomic E-state index is -0.232. The Kier molecular flexibility index (Phi) is 4.49. The number of aliphatic hydroxyl groups excluding tert-OH is 1. The van der Waals surface area contributed by atoms with E-state index in [9.17, 15) is 5.11 Å². The molecule has 0 radical (unpaired) electrons. The highest BCUT2D eigenvalue weighted by molar-refractivity contribution is 9.10. The molecule has 1 N–H and O–H groups in total. The fourth-order valence-corrected chi connectivity index (χ4v) is 4.31. The van der Waals surface area contributed by atoms with Crippen molar-refractivity contribution in [1.82, 2.24) is 4.90 Å². The molecular formula is C17H24BrNO. The van der Waals surface area contributed by atoms with Crippen LogP contribution in [0.15, 0.2) is 28.7 Å². The van der Waals surface area contributed by atoms with Gasteiger partial charge < -0.3 is 5.11 Å². The van der Waals surface area contributed by atoms with E-state index < -0.39 is 0 Å². The summed E-state index contributed by atoms with van der Waals surface area (Å²) in [6, 6.07) is 8.39. The second-order valence-corrected chi connectivity index (χ2v) is 7.27. The van der Waals surface area contributed by atoms with Gasteiger partial charge in [0.1, 0.15) is 0 Å². The number of benzene rings is 1. The lowest BCUT2D eigenvalue weighted by Gasteiger charge is -2.42. The Bertz CT molecular complexity index is 433. The van der Waals surface area contributed by atoms with Gasteiger partial charge in [0, 0.05) is 16.4 Å². The zero-order valence-corrected chi connectivity index (χ0v) is 13.6. The summed E-state index contributed by atoms with van der Waals surface area (Å²) in [5.41, 5.74) is 1.30. The fourth-order valence-electron chi connectivity index (χ4n) is 4.04. The van der Waals surface area contributed by atoms with Crippen molar-refractivity contribution in [3.8, 4) is 0 Å². The molecule has 1 aliphatic carbocycles. The Hall–Kier alpha value is -0.380. The second kappa shape index (κ2) is 6.17. The normalized spacial score (nSPS) is 24.1. The Morgan fingerprint density at radius 1 is 1.05 bits per heavy atom. The number of rotatable bonds is 4. The van der Waals surface area contributed by atoms with Gasteiger partial charge in [-0.2, -0.15) is 0 Å². The summed E-state index contributed by atoms with van der Waals surface area (Å²) in [6.45, 7) is 2.36. The molecule has 1 saturated carbocycles. The first-order valence-electron chi connectivity index (χ1n) is 7.88. The summed E-state index contributed by atoms with van der Waals surface area (Å²) in [5, 5.41) is 10.9. The van der Waals surface area contributed by atoms with Crippen molar-refractivity contribution in [2.75, 3.05) is 13.1 Å². The van der Waals surface area contributed by atoms with Gasteiger partial charge in [0.25, 0.3) is 0 Å². The van der Waals surface area contributed by atoms with Gasteiger partial charge in [0.15, 0.2) is 0 Å². The molecule has 3 heteroatoms. The summed E-state index contributed by atoms with van der Waals surface area (Å²) in [5.74, 6) is 0. The first-order chi connectivity index (χ1) is 9.71. The van der Waals surface area contributed by atoms with Gasteiger partial charge in [-0.15, -0.1) is 0 Å². The molecule has 110 valence electrons. The van der Waals surface area contributed by atoms with Crippen molar-refractivity contribution in [2.24, 2.45) is 0 Å². The molecular weight excluding hydrogens is 314 g/mol. The van der Waals surface area contributed by atoms with Crippen LogP contribution in [-0.4, -0.2) is 34.7 Å². The Labute approximate surface area is 130 Å². The molecule has 1 atom stereocenters. The highest BCUT2D eigenvalue weighted by Crippen LogP contribution is 2.41. The number of likely N-dealkylation sites (tertiary alicyclic amines) is 1. The summed E-state index contributed by atoms with van der Waals surface area (Å²) >= 11 is 3.47. The third-order valence-electron chi connectivity index (χ3n) is 5.17. The van der Waals surface area contributed by atoms with E-state index in [2.05, 4.69) is 45.1 Å². The maximum atomic E-state index is 10.9. The summed E-state index contributed by atoms with van der Waals surface area (Å²) in [4.78, 5) is 2.59. The van der Waals surface area contributed by atoms with Crippen molar-refractivity contribution in [1.29, 1.82) is 0 Å². The standard InChI is InChI=1S/C17H24BrNO/c18-15-7-5-14(6-8-15)13-16(20)17(9-1-2-10-17)19-11-3-4-12-19/h5-8,16,20H,1-4,9-13H2. The number of hydrogen-bond acceptors (Lipinski definition) is 2. The zero-order valence-electron chi connectivity index (χ0n) is 12.0. The molecule has 2 aliphatic rings. The lowest BCUT2D eigenvalue weighted by atomic mass is 9.85. The fraction of sp³-hybridized carbons (Fsp3) is 0.647. The van der Waals surface area contributed by atoms with Gasteiger partial charge in [-0.3, -0.25) is 4.90 Å². The number of aliphatic hydroxyl groups is 1. The van der Waals surface area contributed by atoms with Crippen LogP contribution in [0, 0.1) is 0 Å². The van der Waals surface area contributed by atoms with Crippen molar-refractivity contribution in [3.63, 3.8) is 0 Å².